The minimum atomic E-state index is 0.756. The zero-order chi connectivity index (χ0) is 13.9. The molecule has 1 aromatic heterocycles. The fourth-order valence-corrected chi connectivity index (χ4v) is 3.84. The molecule has 0 N–H and O–H groups in total. The molecule has 4 heteroatoms. The van der Waals surface area contributed by atoms with E-state index in [0.717, 1.165) is 24.9 Å². The molecule has 1 aromatic carbocycles. The molecule has 3 rings (SSSR count). The zero-order valence-corrected chi connectivity index (χ0v) is 13.9. The predicted molar refractivity (Wildman–Crippen MR) is 87.3 cm³/mol. The summed E-state index contributed by atoms with van der Waals surface area (Å²) in [5.74, 6) is 0.924. The average Bonchev–Trinajstić information content (AvgIpc) is 3.24. The molecule has 1 aliphatic carbocycles. The number of rotatable bonds is 6. The second-order valence-electron chi connectivity index (χ2n) is 5.18. The summed E-state index contributed by atoms with van der Waals surface area (Å²) in [4.78, 5) is 4.00. The molecule has 0 saturated heterocycles. The SMILES string of the molecule is COc1ccc(CN(Cc2sccc2Br)C2CC2)cc1. The number of hydrogen-bond donors (Lipinski definition) is 0. The number of ether oxygens (including phenoxy) is 1. The van der Waals surface area contributed by atoms with Crippen LogP contribution in [0.3, 0.4) is 0 Å². The van der Waals surface area contributed by atoms with Crippen molar-refractivity contribution in [3.05, 3.63) is 50.6 Å². The van der Waals surface area contributed by atoms with Crippen LogP contribution < -0.4 is 4.74 Å². The van der Waals surface area contributed by atoms with Gasteiger partial charge in [-0.3, -0.25) is 4.90 Å². The van der Waals surface area contributed by atoms with Gasteiger partial charge in [0.15, 0.2) is 0 Å². The molecule has 1 fully saturated rings. The van der Waals surface area contributed by atoms with Crippen molar-refractivity contribution in [3.63, 3.8) is 0 Å². The van der Waals surface area contributed by atoms with Crippen molar-refractivity contribution < 1.29 is 4.74 Å². The first-order valence-electron chi connectivity index (χ1n) is 6.85. The first-order chi connectivity index (χ1) is 9.76. The van der Waals surface area contributed by atoms with Crippen molar-refractivity contribution in [2.24, 2.45) is 0 Å². The van der Waals surface area contributed by atoms with Crippen molar-refractivity contribution in [1.29, 1.82) is 0 Å². The highest BCUT2D eigenvalue weighted by atomic mass is 79.9. The molecule has 0 radical (unpaired) electrons. The van der Waals surface area contributed by atoms with Crippen molar-refractivity contribution in [1.82, 2.24) is 4.90 Å². The second-order valence-corrected chi connectivity index (χ2v) is 7.03. The summed E-state index contributed by atoms with van der Waals surface area (Å²) >= 11 is 5.47. The highest BCUT2D eigenvalue weighted by molar-refractivity contribution is 9.10. The van der Waals surface area contributed by atoms with Gasteiger partial charge < -0.3 is 4.74 Å². The molecule has 0 bridgehead atoms. The van der Waals surface area contributed by atoms with E-state index >= 15 is 0 Å². The van der Waals surface area contributed by atoms with Gasteiger partial charge in [-0.05, 0) is 57.9 Å². The van der Waals surface area contributed by atoms with E-state index in [0.29, 0.717) is 0 Å². The lowest BCUT2D eigenvalue weighted by atomic mass is 10.2. The molecule has 0 spiro atoms. The first-order valence-corrected chi connectivity index (χ1v) is 8.52. The molecule has 0 aliphatic heterocycles. The molecule has 1 heterocycles. The van der Waals surface area contributed by atoms with Crippen LogP contribution in [0.15, 0.2) is 40.2 Å². The third-order valence-corrected chi connectivity index (χ3v) is 5.56. The van der Waals surface area contributed by atoms with Gasteiger partial charge >= 0.3 is 0 Å². The number of halogens is 1. The maximum absolute atomic E-state index is 5.22. The number of methoxy groups -OCH3 is 1. The summed E-state index contributed by atoms with van der Waals surface area (Å²) in [5.41, 5.74) is 1.35. The Morgan fingerprint density at radius 2 is 1.95 bits per heavy atom. The third-order valence-electron chi connectivity index (χ3n) is 3.65. The van der Waals surface area contributed by atoms with Crippen LogP contribution in [0.25, 0.3) is 0 Å². The Balaban J connectivity index is 1.69. The van der Waals surface area contributed by atoms with Crippen LogP contribution in [0, 0.1) is 0 Å². The standard InChI is InChI=1S/C16H18BrNOS/c1-19-14-6-2-12(3-7-14)10-18(13-4-5-13)11-16-15(17)8-9-20-16/h2-3,6-9,13H,4-5,10-11H2,1H3. The van der Waals surface area contributed by atoms with Crippen molar-refractivity contribution >= 4 is 27.3 Å². The molecule has 0 atom stereocenters. The molecule has 0 amide bonds. The Morgan fingerprint density at radius 1 is 1.20 bits per heavy atom. The topological polar surface area (TPSA) is 12.5 Å². The van der Waals surface area contributed by atoms with Gasteiger partial charge in [-0.15, -0.1) is 11.3 Å². The van der Waals surface area contributed by atoms with Gasteiger partial charge in [0, 0.05) is 28.5 Å². The van der Waals surface area contributed by atoms with E-state index in [4.69, 9.17) is 4.74 Å². The summed E-state index contributed by atoms with van der Waals surface area (Å²) in [5, 5.41) is 2.15. The average molecular weight is 352 g/mol. The van der Waals surface area contributed by atoms with Gasteiger partial charge in [-0.1, -0.05) is 12.1 Å². The molecule has 1 saturated carbocycles. The number of thiophene rings is 1. The monoisotopic (exact) mass is 351 g/mol. The lowest BCUT2D eigenvalue weighted by Crippen LogP contribution is -2.24. The van der Waals surface area contributed by atoms with E-state index in [1.54, 1.807) is 7.11 Å². The predicted octanol–water partition coefficient (Wildman–Crippen LogP) is 4.68. The van der Waals surface area contributed by atoms with Gasteiger partial charge in [0.25, 0.3) is 0 Å². The van der Waals surface area contributed by atoms with Crippen LogP contribution in [0.4, 0.5) is 0 Å². The molecule has 2 nitrogen and oxygen atoms in total. The summed E-state index contributed by atoms with van der Waals surface area (Å²) < 4.78 is 6.46. The molecule has 2 aromatic rings. The maximum atomic E-state index is 5.22. The quantitative estimate of drug-likeness (QED) is 0.748. The normalized spacial score (nSPS) is 14.8. The largest absolute Gasteiger partial charge is 0.497 e. The van der Waals surface area contributed by atoms with Gasteiger partial charge in [0.2, 0.25) is 0 Å². The van der Waals surface area contributed by atoms with E-state index in [9.17, 15) is 0 Å². The lowest BCUT2D eigenvalue weighted by Gasteiger charge is -2.21. The number of hydrogen-bond acceptors (Lipinski definition) is 3. The number of nitrogens with zero attached hydrogens (tertiary/aromatic N) is 1. The van der Waals surface area contributed by atoms with Crippen LogP contribution in [0.1, 0.15) is 23.3 Å². The summed E-state index contributed by atoms with van der Waals surface area (Å²) in [6, 6.07) is 11.3. The van der Waals surface area contributed by atoms with E-state index in [-0.39, 0.29) is 0 Å². The maximum Gasteiger partial charge on any atom is 0.118 e. The third kappa shape index (κ3) is 3.43. The number of benzene rings is 1. The van der Waals surface area contributed by atoms with Crippen molar-refractivity contribution in [3.8, 4) is 5.75 Å². The minimum absolute atomic E-state index is 0.756. The molecule has 106 valence electrons. The van der Waals surface area contributed by atoms with Crippen LogP contribution in [-0.4, -0.2) is 18.1 Å². The molecule has 20 heavy (non-hydrogen) atoms. The zero-order valence-electron chi connectivity index (χ0n) is 11.5. The van der Waals surface area contributed by atoms with E-state index in [2.05, 4.69) is 44.4 Å². The Morgan fingerprint density at radius 3 is 2.50 bits per heavy atom. The smallest absolute Gasteiger partial charge is 0.118 e. The summed E-state index contributed by atoms with van der Waals surface area (Å²) in [6.45, 7) is 2.05. The Labute approximate surface area is 132 Å². The van der Waals surface area contributed by atoms with Gasteiger partial charge in [0.05, 0.1) is 7.11 Å². The minimum Gasteiger partial charge on any atom is -0.497 e. The fraction of sp³-hybridized carbons (Fsp3) is 0.375. The Kier molecular flexibility index (Phi) is 4.44. The van der Waals surface area contributed by atoms with Crippen molar-refractivity contribution in [2.75, 3.05) is 7.11 Å². The van der Waals surface area contributed by atoms with Crippen molar-refractivity contribution in [2.45, 2.75) is 32.0 Å². The van der Waals surface area contributed by atoms with Gasteiger partial charge in [-0.2, -0.15) is 0 Å². The van der Waals surface area contributed by atoms with Crippen LogP contribution in [-0.2, 0) is 13.1 Å². The second kappa shape index (κ2) is 6.29. The van der Waals surface area contributed by atoms with Crippen LogP contribution in [0.5, 0.6) is 5.75 Å². The highest BCUT2D eigenvalue weighted by Crippen LogP contribution is 2.33. The lowest BCUT2D eigenvalue weighted by molar-refractivity contribution is 0.247. The molecular weight excluding hydrogens is 334 g/mol. The van der Waals surface area contributed by atoms with E-state index in [1.807, 2.05) is 23.5 Å². The Bertz CT molecular complexity index is 562. The van der Waals surface area contributed by atoms with Crippen LogP contribution in [0.2, 0.25) is 0 Å². The highest BCUT2D eigenvalue weighted by Gasteiger charge is 2.29. The summed E-state index contributed by atoms with van der Waals surface area (Å²) in [6.07, 6.45) is 2.66. The van der Waals surface area contributed by atoms with Crippen LogP contribution >= 0.6 is 27.3 Å². The molecule has 1 aliphatic rings. The molecule has 0 unspecified atom stereocenters. The summed E-state index contributed by atoms with van der Waals surface area (Å²) in [7, 11) is 1.71. The molecular formula is C16H18BrNOS. The van der Waals surface area contributed by atoms with Gasteiger partial charge in [-0.25, -0.2) is 0 Å². The van der Waals surface area contributed by atoms with E-state index in [1.165, 1.54) is 27.8 Å². The fourth-order valence-electron chi connectivity index (χ4n) is 2.34. The Hall–Kier alpha value is -0.840. The first kappa shape index (κ1) is 14.1. The van der Waals surface area contributed by atoms with E-state index < -0.39 is 0 Å². The van der Waals surface area contributed by atoms with Gasteiger partial charge in [0.1, 0.15) is 5.75 Å².